The van der Waals surface area contributed by atoms with Crippen molar-refractivity contribution in [3.63, 3.8) is 0 Å². The highest BCUT2D eigenvalue weighted by molar-refractivity contribution is 6.29. The third kappa shape index (κ3) is 5.34. The topological polar surface area (TPSA) is 29.5 Å². The zero-order chi connectivity index (χ0) is 42.2. The molecule has 0 spiro atoms. The van der Waals surface area contributed by atoms with E-state index in [9.17, 15) is 0 Å². The Morgan fingerprint density at radius 2 is 0.891 bits per heavy atom. The Morgan fingerprint density at radius 1 is 0.328 bits per heavy atom. The zero-order valence-electron chi connectivity index (χ0n) is 34.8. The summed E-state index contributed by atoms with van der Waals surface area (Å²) in [5.41, 5.74) is 17.8. The number of fused-ring (bicyclic) bond motifs is 10. The average Bonchev–Trinajstić information content (AvgIpc) is 4.04. The molecule has 3 nitrogen and oxygen atoms in total. The molecular formula is C61H39NO2. The van der Waals surface area contributed by atoms with Crippen molar-refractivity contribution >= 4 is 60.9 Å². The minimum atomic E-state index is -0.550. The molecule has 64 heavy (non-hydrogen) atoms. The van der Waals surface area contributed by atoms with Crippen LogP contribution in [-0.2, 0) is 5.41 Å². The number of rotatable bonds is 7. The van der Waals surface area contributed by atoms with E-state index < -0.39 is 5.41 Å². The van der Waals surface area contributed by atoms with E-state index in [1.807, 2.05) is 18.2 Å². The van der Waals surface area contributed by atoms with Crippen LogP contribution in [0, 0.1) is 0 Å². The first-order valence-electron chi connectivity index (χ1n) is 21.9. The van der Waals surface area contributed by atoms with Crippen molar-refractivity contribution in [2.75, 3.05) is 4.90 Å². The van der Waals surface area contributed by atoms with Gasteiger partial charge in [-0.2, -0.15) is 0 Å². The van der Waals surface area contributed by atoms with Crippen molar-refractivity contribution in [3.05, 3.63) is 259 Å². The maximum absolute atomic E-state index is 7.23. The lowest BCUT2D eigenvalue weighted by atomic mass is 9.67. The van der Waals surface area contributed by atoms with Gasteiger partial charge in [0.1, 0.15) is 16.7 Å². The molecule has 12 aromatic rings. The summed E-state index contributed by atoms with van der Waals surface area (Å²) in [6.45, 7) is 0. The minimum Gasteiger partial charge on any atom is -0.456 e. The summed E-state index contributed by atoms with van der Waals surface area (Å²) in [5.74, 6) is 0. The number of hydrogen-bond donors (Lipinski definition) is 0. The van der Waals surface area contributed by atoms with E-state index >= 15 is 0 Å². The fourth-order valence-electron chi connectivity index (χ4n) is 10.6. The maximum Gasteiger partial charge on any atom is 0.160 e. The van der Waals surface area contributed by atoms with Gasteiger partial charge in [0.25, 0.3) is 0 Å². The van der Waals surface area contributed by atoms with Crippen molar-refractivity contribution in [1.82, 2.24) is 0 Å². The van der Waals surface area contributed by atoms with E-state index in [0.29, 0.717) is 0 Å². The van der Waals surface area contributed by atoms with Crippen LogP contribution >= 0.6 is 0 Å². The van der Waals surface area contributed by atoms with Crippen LogP contribution < -0.4 is 4.90 Å². The molecule has 0 bridgehead atoms. The van der Waals surface area contributed by atoms with E-state index in [1.165, 1.54) is 44.5 Å². The van der Waals surface area contributed by atoms with Gasteiger partial charge < -0.3 is 13.7 Å². The third-order valence-electron chi connectivity index (χ3n) is 13.4. The van der Waals surface area contributed by atoms with Crippen molar-refractivity contribution in [3.8, 4) is 33.4 Å². The van der Waals surface area contributed by atoms with Crippen LogP contribution in [0.2, 0.25) is 0 Å². The molecule has 0 radical (unpaired) electrons. The number of nitrogens with zero attached hydrogens (tertiary/aromatic N) is 1. The first-order valence-corrected chi connectivity index (χ1v) is 21.9. The Labute approximate surface area is 370 Å². The van der Waals surface area contributed by atoms with Gasteiger partial charge in [0.05, 0.1) is 11.1 Å². The molecule has 0 saturated carbocycles. The molecule has 10 aromatic carbocycles. The van der Waals surface area contributed by atoms with Crippen LogP contribution in [-0.4, -0.2) is 0 Å². The second-order valence-electron chi connectivity index (χ2n) is 16.7. The highest BCUT2D eigenvalue weighted by atomic mass is 16.3. The molecule has 0 fully saturated rings. The Bertz CT molecular complexity index is 3660. The summed E-state index contributed by atoms with van der Waals surface area (Å²) in [6, 6.07) is 85.1. The van der Waals surface area contributed by atoms with Gasteiger partial charge in [-0.3, -0.25) is 0 Å². The summed E-state index contributed by atoms with van der Waals surface area (Å²) >= 11 is 0. The second-order valence-corrected chi connectivity index (χ2v) is 16.7. The van der Waals surface area contributed by atoms with Crippen molar-refractivity contribution < 1.29 is 8.83 Å². The number of anilines is 3. The molecule has 0 saturated heterocycles. The van der Waals surface area contributed by atoms with Crippen LogP contribution in [0.15, 0.2) is 245 Å². The number of hydrogen-bond acceptors (Lipinski definition) is 3. The number of furan rings is 2. The molecule has 13 rings (SSSR count). The van der Waals surface area contributed by atoms with Gasteiger partial charge in [0.15, 0.2) is 5.58 Å². The lowest BCUT2D eigenvalue weighted by Gasteiger charge is -2.35. The highest BCUT2D eigenvalue weighted by Crippen LogP contribution is 2.58. The summed E-state index contributed by atoms with van der Waals surface area (Å²) < 4.78 is 13.7. The molecule has 1 aliphatic carbocycles. The van der Waals surface area contributed by atoms with Crippen LogP contribution in [0.5, 0.6) is 0 Å². The van der Waals surface area contributed by atoms with Gasteiger partial charge in [-0.1, -0.05) is 188 Å². The number of para-hydroxylation sites is 2. The molecular weight excluding hydrogens is 779 g/mol. The molecule has 0 atom stereocenters. The third-order valence-corrected chi connectivity index (χ3v) is 13.4. The van der Waals surface area contributed by atoms with Gasteiger partial charge in [-0.15, -0.1) is 0 Å². The van der Waals surface area contributed by atoms with E-state index in [-0.39, 0.29) is 0 Å². The molecule has 1 aliphatic rings. The van der Waals surface area contributed by atoms with Crippen LogP contribution in [0.25, 0.3) is 77.3 Å². The molecule has 0 aliphatic heterocycles. The SMILES string of the molecule is c1ccc(-c2ccc(-c3ccc(N(c4ccccc4)c4ccc5c(c4)C(c4ccccc4)(c4ccccc4)c4ccccc4-5)c4oc5ccc6oc7ccccc7c6c5c34)cc2)cc1. The summed E-state index contributed by atoms with van der Waals surface area (Å²) in [7, 11) is 0. The molecule has 300 valence electrons. The Hall–Kier alpha value is -8.40. The van der Waals surface area contributed by atoms with Crippen molar-refractivity contribution in [2.24, 2.45) is 0 Å². The van der Waals surface area contributed by atoms with Gasteiger partial charge >= 0.3 is 0 Å². The van der Waals surface area contributed by atoms with E-state index in [0.717, 1.165) is 72.1 Å². The first kappa shape index (κ1) is 36.3. The molecule has 0 N–H and O–H groups in total. The zero-order valence-corrected chi connectivity index (χ0v) is 34.8. The standard InChI is InChI=1S/C61H39NO2/c1-5-17-40(18-6-1)41-29-31-42(32-30-41)47-35-36-53(60-58(47)59-56(64-60)38-37-55-57(59)50-26-14-16-28-54(50)63-55)62(45-23-11-4-12-24-45)46-33-34-49-48-25-13-15-27-51(48)61(52(49)39-46,43-19-7-2-8-20-43)44-21-9-3-10-22-44/h1-39H. The lowest BCUT2D eigenvalue weighted by molar-refractivity contribution is 0.663. The Balaban J connectivity index is 1.10. The summed E-state index contributed by atoms with van der Waals surface area (Å²) in [5, 5.41) is 4.22. The first-order chi connectivity index (χ1) is 31.8. The van der Waals surface area contributed by atoms with E-state index in [1.54, 1.807) is 0 Å². The van der Waals surface area contributed by atoms with Crippen molar-refractivity contribution in [2.45, 2.75) is 5.41 Å². The van der Waals surface area contributed by atoms with Gasteiger partial charge in [0.2, 0.25) is 0 Å². The second kappa shape index (κ2) is 14.3. The summed E-state index contributed by atoms with van der Waals surface area (Å²) in [6.07, 6.45) is 0. The molecule has 2 heterocycles. The van der Waals surface area contributed by atoms with Gasteiger partial charge in [-0.25, -0.2) is 0 Å². The fraction of sp³-hybridized carbons (Fsp3) is 0.0164. The van der Waals surface area contributed by atoms with Gasteiger partial charge in [-0.05, 0) is 104 Å². The molecule has 0 amide bonds. The Morgan fingerprint density at radius 3 is 1.62 bits per heavy atom. The predicted molar refractivity (Wildman–Crippen MR) is 264 cm³/mol. The predicted octanol–water partition coefficient (Wildman–Crippen LogP) is 16.7. The smallest absolute Gasteiger partial charge is 0.160 e. The van der Waals surface area contributed by atoms with Crippen LogP contribution in [0.3, 0.4) is 0 Å². The van der Waals surface area contributed by atoms with Crippen LogP contribution in [0.1, 0.15) is 22.3 Å². The normalized spacial score (nSPS) is 12.8. The van der Waals surface area contributed by atoms with Crippen molar-refractivity contribution in [1.29, 1.82) is 0 Å². The van der Waals surface area contributed by atoms with E-state index in [4.69, 9.17) is 8.83 Å². The fourth-order valence-corrected chi connectivity index (χ4v) is 10.6. The summed E-state index contributed by atoms with van der Waals surface area (Å²) in [4.78, 5) is 2.38. The molecule has 3 heteroatoms. The van der Waals surface area contributed by atoms with E-state index in [2.05, 4.69) is 223 Å². The Kier molecular flexibility index (Phi) is 8.13. The quantitative estimate of drug-likeness (QED) is 0.160. The lowest BCUT2D eigenvalue weighted by Crippen LogP contribution is -2.28. The monoisotopic (exact) mass is 817 g/mol. The largest absolute Gasteiger partial charge is 0.456 e. The minimum absolute atomic E-state index is 0.550. The highest BCUT2D eigenvalue weighted by Gasteiger charge is 2.46. The van der Waals surface area contributed by atoms with Crippen LogP contribution in [0.4, 0.5) is 17.1 Å². The van der Waals surface area contributed by atoms with Gasteiger partial charge in [0, 0.05) is 32.9 Å². The number of benzene rings is 10. The molecule has 0 unspecified atom stereocenters. The molecule has 2 aromatic heterocycles. The maximum atomic E-state index is 7.23. The average molecular weight is 818 g/mol.